The van der Waals surface area contributed by atoms with E-state index in [-0.39, 0.29) is 17.9 Å². The molecular weight excluding hydrogens is 432 g/mol. The summed E-state index contributed by atoms with van der Waals surface area (Å²) in [5.41, 5.74) is 4.24. The van der Waals surface area contributed by atoms with Crippen LogP contribution in [0.4, 0.5) is 11.4 Å². The fourth-order valence-corrected chi connectivity index (χ4v) is 8.50. The van der Waals surface area contributed by atoms with Crippen LogP contribution in [0.5, 0.6) is 0 Å². The summed E-state index contributed by atoms with van der Waals surface area (Å²) in [5, 5.41) is 0. The van der Waals surface area contributed by atoms with Crippen LogP contribution in [0.2, 0.25) is 0 Å². The van der Waals surface area contributed by atoms with Gasteiger partial charge in [0.05, 0.1) is 11.9 Å². The van der Waals surface area contributed by atoms with Gasteiger partial charge in [0.2, 0.25) is 15.9 Å². The fraction of sp³-hybridized carbons (Fsp3) is 0.519. The summed E-state index contributed by atoms with van der Waals surface area (Å²) >= 11 is 0. The smallest absolute Gasteiger partial charge is 0.247 e. The molecule has 1 amide bonds. The van der Waals surface area contributed by atoms with Crippen molar-refractivity contribution >= 4 is 27.3 Å². The number of benzene rings is 2. The number of rotatable bonds is 5. The molecule has 6 heteroatoms. The second kappa shape index (κ2) is 7.59. The maximum absolute atomic E-state index is 13.2. The molecule has 33 heavy (non-hydrogen) atoms. The first-order chi connectivity index (χ1) is 15.8. The molecule has 2 aromatic carbocycles. The average Bonchev–Trinajstić information content (AvgIpc) is 3.20. The van der Waals surface area contributed by atoms with Crippen molar-refractivity contribution in [3.05, 3.63) is 59.7 Å². The zero-order chi connectivity index (χ0) is 22.8. The lowest BCUT2D eigenvalue weighted by Gasteiger charge is -2.57. The molecule has 1 aliphatic heterocycles. The summed E-state index contributed by atoms with van der Waals surface area (Å²) in [4.78, 5) is 14.9. The van der Waals surface area contributed by atoms with Gasteiger partial charge >= 0.3 is 0 Å². The second-order valence-electron chi connectivity index (χ2n) is 10.9. The minimum atomic E-state index is -3.59. The second-order valence-corrected chi connectivity index (χ2v) is 12.8. The number of fused-ring (bicyclic) bond motifs is 1. The Morgan fingerprint density at radius 1 is 0.970 bits per heavy atom. The van der Waals surface area contributed by atoms with E-state index in [1.54, 1.807) is 4.90 Å². The molecule has 4 bridgehead atoms. The normalized spacial score (nSPS) is 29.8. The number of hydrogen-bond donors (Lipinski definition) is 0. The van der Waals surface area contributed by atoms with Crippen molar-refractivity contribution in [2.24, 2.45) is 17.8 Å². The van der Waals surface area contributed by atoms with E-state index < -0.39 is 10.0 Å². The molecule has 0 spiro atoms. The van der Waals surface area contributed by atoms with Crippen LogP contribution in [0.3, 0.4) is 0 Å². The van der Waals surface area contributed by atoms with Crippen LogP contribution in [-0.4, -0.2) is 33.7 Å². The highest BCUT2D eigenvalue weighted by Crippen LogP contribution is 2.60. The Morgan fingerprint density at radius 3 is 2.18 bits per heavy atom. The maximum Gasteiger partial charge on any atom is 0.247 e. The Morgan fingerprint density at radius 2 is 1.58 bits per heavy atom. The van der Waals surface area contributed by atoms with Gasteiger partial charge in [-0.15, -0.1) is 0 Å². The number of carbonyl (C=O) groups excluding carboxylic acids is 1. The molecule has 0 radical (unpaired) electrons. The van der Waals surface area contributed by atoms with Crippen molar-refractivity contribution in [1.82, 2.24) is 0 Å². The van der Waals surface area contributed by atoms with Gasteiger partial charge in [-0.3, -0.25) is 9.10 Å². The average molecular weight is 465 g/mol. The number of hydrogen-bond acceptors (Lipinski definition) is 3. The molecule has 4 fully saturated rings. The lowest BCUT2D eigenvalue weighted by molar-refractivity contribution is -0.117. The number of anilines is 2. The van der Waals surface area contributed by atoms with Gasteiger partial charge in [0.15, 0.2) is 0 Å². The summed E-state index contributed by atoms with van der Waals surface area (Å²) in [5.74, 6) is 2.41. The minimum absolute atomic E-state index is 0.177. The monoisotopic (exact) mass is 464 g/mol. The topological polar surface area (TPSA) is 57.7 Å². The van der Waals surface area contributed by atoms with E-state index in [1.807, 2.05) is 36.4 Å². The fourth-order valence-electron chi connectivity index (χ4n) is 7.65. The Balaban J connectivity index is 1.25. The zero-order valence-corrected chi connectivity index (χ0v) is 20.1. The van der Waals surface area contributed by atoms with Crippen molar-refractivity contribution in [2.75, 3.05) is 28.6 Å². The van der Waals surface area contributed by atoms with E-state index in [4.69, 9.17) is 0 Å². The van der Waals surface area contributed by atoms with E-state index in [1.165, 1.54) is 54.6 Å². The van der Waals surface area contributed by atoms with Crippen molar-refractivity contribution in [3.8, 4) is 0 Å². The third-order valence-corrected chi connectivity index (χ3v) is 9.81. The van der Waals surface area contributed by atoms with Crippen LogP contribution >= 0.6 is 0 Å². The van der Waals surface area contributed by atoms with Crippen LogP contribution < -0.4 is 9.21 Å². The van der Waals surface area contributed by atoms with Crippen LogP contribution in [0.1, 0.15) is 49.7 Å². The number of sulfonamides is 1. The van der Waals surface area contributed by atoms with Gasteiger partial charge in [0, 0.05) is 12.2 Å². The number of amides is 1. The Labute approximate surface area is 196 Å². The van der Waals surface area contributed by atoms with E-state index in [9.17, 15) is 13.2 Å². The molecule has 5 aliphatic rings. The summed E-state index contributed by atoms with van der Waals surface area (Å²) in [6.07, 6.45) is 10.0. The van der Waals surface area contributed by atoms with Crippen LogP contribution in [0.15, 0.2) is 48.5 Å². The standard InChI is InChI=1S/C27H32N2O3S/c1-33(31,32)29(18-26(30)28-11-10-22-4-2-3-5-25(22)28)24-8-6-23(7-9-24)27-15-19-12-20(16-27)14-21(13-19)17-27/h2-9,19-21H,10-18H2,1H3. The molecule has 7 rings (SSSR count). The summed E-state index contributed by atoms with van der Waals surface area (Å²) < 4.78 is 26.6. The van der Waals surface area contributed by atoms with E-state index in [0.29, 0.717) is 12.2 Å². The highest BCUT2D eigenvalue weighted by molar-refractivity contribution is 7.92. The largest absolute Gasteiger partial charge is 0.310 e. The Hall–Kier alpha value is -2.34. The van der Waals surface area contributed by atoms with Gasteiger partial charge in [-0.05, 0) is 97.4 Å². The van der Waals surface area contributed by atoms with E-state index in [2.05, 4.69) is 12.1 Å². The van der Waals surface area contributed by atoms with Crippen LogP contribution in [0.25, 0.3) is 0 Å². The zero-order valence-electron chi connectivity index (χ0n) is 19.2. The molecule has 5 nitrogen and oxygen atoms in total. The van der Waals surface area contributed by atoms with Gasteiger partial charge in [-0.2, -0.15) is 0 Å². The minimum Gasteiger partial charge on any atom is -0.310 e. The lowest BCUT2D eigenvalue weighted by atomic mass is 9.48. The van der Waals surface area contributed by atoms with Crippen LogP contribution in [-0.2, 0) is 26.7 Å². The predicted octanol–water partition coefficient (Wildman–Crippen LogP) is 4.51. The highest BCUT2D eigenvalue weighted by Gasteiger charge is 2.51. The van der Waals surface area contributed by atoms with Crippen molar-refractivity contribution in [1.29, 1.82) is 0 Å². The molecule has 0 aromatic heterocycles. The summed E-state index contributed by atoms with van der Waals surface area (Å²) in [7, 11) is -3.59. The van der Waals surface area contributed by atoms with E-state index >= 15 is 0 Å². The maximum atomic E-state index is 13.2. The molecule has 4 aliphatic carbocycles. The van der Waals surface area contributed by atoms with Gasteiger partial charge in [0.1, 0.15) is 6.54 Å². The molecule has 0 unspecified atom stereocenters. The molecule has 2 aromatic rings. The molecule has 1 heterocycles. The molecule has 0 atom stereocenters. The van der Waals surface area contributed by atoms with Crippen molar-refractivity contribution in [2.45, 2.75) is 50.4 Å². The van der Waals surface area contributed by atoms with Crippen molar-refractivity contribution < 1.29 is 13.2 Å². The van der Waals surface area contributed by atoms with Crippen LogP contribution in [0, 0.1) is 17.8 Å². The number of nitrogens with zero attached hydrogens (tertiary/aromatic N) is 2. The highest BCUT2D eigenvalue weighted by atomic mass is 32.2. The Bertz CT molecular complexity index is 1150. The molecule has 0 saturated heterocycles. The van der Waals surface area contributed by atoms with E-state index in [0.717, 1.165) is 35.4 Å². The van der Waals surface area contributed by atoms with Gasteiger partial charge in [-0.25, -0.2) is 8.42 Å². The molecule has 4 saturated carbocycles. The Kier molecular flexibility index (Phi) is 4.88. The first kappa shape index (κ1) is 21.2. The lowest BCUT2D eigenvalue weighted by Crippen LogP contribution is -2.48. The third-order valence-electron chi connectivity index (χ3n) is 8.67. The predicted molar refractivity (Wildman–Crippen MR) is 131 cm³/mol. The SMILES string of the molecule is CS(=O)(=O)N(CC(=O)N1CCc2ccccc21)c1ccc(C23CC4CC(CC(C4)C2)C3)cc1. The molecule has 174 valence electrons. The van der Waals surface area contributed by atoms with Crippen molar-refractivity contribution in [3.63, 3.8) is 0 Å². The molecular formula is C27H32N2O3S. The summed E-state index contributed by atoms with van der Waals surface area (Å²) in [6.45, 7) is 0.421. The van der Waals surface area contributed by atoms with Gasteiger partial charge in [0.25, 0.3) is 0 Å². The first-order valence-corrected chi connectivity index (χ1v) is 14.1. The first-order valence-electron chi connectivity index (χ1n) is 12.3. The number of para-hydroxylation sites is 1. The third kappa shape index (κ3) is 3.67. The number of carbonyl (C=O) groups is 1. The quantitative estimate of drug-likeness (QED) is 0.654. The summed E-state index contributed by atoms with van der Waals surface area (Å²) in [6, 6.07) is 16.0. The molecule has 0 N–H and O–H groups in total. The van der Waals surface area contributed by atoms with Gasteiger partial charge in [-0.1, -0.05) is 30.3 Å². The van der Waals surface area contributed by atoms with Gasteiger partial charge < -0.3 is 4.90 Å².